The molecule has 0 saturated heterocycles. The minimum Gasteiger partial charge on any atom is -0.350 e. The van der Waals surface area contributed by atoms with Crippen LogP contribution >= 0.6 is 24.4 Å². The van der Waals surface area contributed by atoms with Gasteiger partial charge in [0, 0.05) is 5.75 Å². The van der Waals surface area contributed by atoms with E-state index in [-0.39, 0.29) is 36.6 Å². The van der Waals surface area contributed by atoms with Gasteiger partial charge >= 0.3 is 0 Å². The van der Waals surface area contributed by atoms with Gasteiger partial charge in [0.1, 0.15) is 16.6 Å². The van der Waals surface area contributed by atoms with E-state index in [2.05, 4.69) is 38.6 Å². The van der Waals surface area contributed by atoms with Crippen molar-refractivity contribution in [3.8, 4) is 0 Å². The number of allylic oxidation sites excluding steroid dienone is 1. The molecule has 3 amide bonds. The number of amides is 3. The molecule has 2 aliphatic rings. The Labute approximate surface area is 204 Å². The summed E-state index contributed by atoms with van der Waals surface area (Å²) in [6.07, 6.45) is 4.49. The predicted molar refractivity (Wildman–Crippen MR) is 134 cm³/mol. The molecule has 3 heterocycles. The number of nitrogens with one attached hydrogen (secondary N) is 3. The van der Waals surface area contributed by atoms with Crippen molar-refractivity contribution in [2.45, 2.75) is 57.8 Å². The molecule has 0 radical (unpaired) electrons. The van der Waals surface area contributed by atoms with Crippen LogP contribution in [-0.4, -0.2) is 56.9 Å². The molecule has 4 bridgehead atoms. The van der Waals surface area contributed by atoms with Crippen LogP contribution in [0.15, 0.2) is 35.3 Å². The van der Waals surface area contributed by atoms with E-state index >= 15 is 0 Å². The van der Waals surface area contributed by atoms with Gasteiger partial charge in [-0.1, -0.05) is 32.1 Å². The van der Waals surface area contributed by atoms with E-state index in [4.69, 9.17) is 0 Å². The number of rotatable bonds is 4. The van der Waals surface area contributed by atoms with Crippen molar-refractivity contribution in [2.75, 3.05) is 11.5 Å². The lowest BCUT2D eigenvalue weighted by atomic mass is 9.99. The van der Waals surface area contributed by atoms with Crippen LogP contribution in [-0.2, 0) is 20.9 Å². The van der Waals surface area contributed by atoms with E-state index in [1.807, 2.05) is 38.1 Å². The molecule has 2 aliphatic heterocycles. The Kier molecular flexibility index (Phi) is 8.58. The van der Waals surface area contributed by atoms with Crippen molar-refractivity contribution in [1.29, 1.82) is 0 Å². The highest BCUT2D eigenvalue weighted by atomic mass is 32.2. The van der Waals surface area contributed by atoms with E-state index < -0.39 is 17.6 Å². The SMILES string of the molecule is CC(C)[C@@H]1NC(=O)[C@]2(C)CSC(=N2)c2cccc(n2)CNC(=O)CC(/C=C/CCS)NC1=O. The molecule has 0 aliphatic carbocycles. The zero-order valence-corrected chi connectivity index (χ0v) is 20.8. The van der Waals surface area contributed by atoms with Crippen molar-refractivity contribution >= 4 is 47.2 Å². The first kappa shape index (κ1) is 25.3. The highest BCUT2D eigenvalue weighted by Gasteiger charge is 2.41. The van der Waals surface area contributed by atoms with Gasteiger partial charge in [0.2, 0.25) is 17.7 Å². The van der Waals surface area contributed by atoms with Gasteiger partial charge in [-0.3, -0.25) is 19.4 Å². The van der Waals surface area contributed by atoms with Gasteiger partial charge in [-0.2, -0.15) is 12.6 Å². The number of fused-ring (bicyclic) bond motifs is 4. The standard InChI is InChI=1S/C23H31N5O3S2/c1-14(2)19-20(30)26-15(7-4-5-10-32)11-18(29)24-12-16-8-6-9-17(25-16)21-28-23(3,13-33-21)22(31)27-19/h4,6-9,14-15,19,32H,5,10-13H2,1-3H3,(H,24,29)(H,26,30)(H,27,31)/b7-4+/t15?,19-,23-/m0/s1. The van der Waals surface area contributed by atoms with Crippen LogP contribution in [0, 0.1) is 5.92 Å². The number of carbonyl (C=O) groups excluding carboxylic acids is 3. The number of hydrogen-bond donors (Lipinski definition) is 4. The number of nitrogens with zero attached hydrogens (tertiary/aromatic N) is 2. The van der Waals surface area contributed by atoms with Crippen molar-refractivity contribution in [1.82, 2.24) is 20.9 Å². The third-order valence-corrected chi connectivity index (χ3v) is 6.99. The first-order chi connectivity index (χ1) is 15.7. The van der Waals surface area contributed by atoms with Crippen LogP contribution in [0.25, 0.3) is 0 Å². The first-order valence-electron chi connectivity index (χ1n) is 11.1. The average molecular weight is 490 g/mol. The molecule has 1 aromatic heterocycles. The third-order valence-electron chi connectivity index (χ3n) is 5.45. The molecule has 0 aromatic carbocycles. The summed E-state index contributed by atoms with van der Waals surface area (Å²) in [4.78, 5) is 48.2. The molecular formula is C23H31N5O3S2. The van der Waals surface area contributed by atoms with Gasteiger partial charge in [0.25, 0.3) is 0 Å². The van der Waals surface area contributed by atoms with E-state index in [1.54, 1.807) is 13.0 Å². The lowest BCUT2D eigenvalue weighted by molar-refractivity contribution is -0.132. The number of thiol groups is 1. The van der Waals surface area contributed by atoms with Crippen LogP contribution in [0.5, 0.6) is 0 Å². The predicted octanol–water partition coefficient (Wildman–Crippen LogP) is 1.86. The molecule has 0 spiro atoms. The molecular weight excluding hydrogens is 458 g/mol. The van der Waals surface area contributed by atoms with Gasteiger partial charge in [0.05, 0.1) is 30.4 Å². The molecule has 8 nitrogen and oxygen atoms in total. The summed E-state index contributed by atoms with van der Waals surface area (Å²) in [6.45, 7) is 5.78. The van der Waals surface area contributed by atoms with Gasteiger partial charge in [-0.25, -0.2) is 4.98 Å². The van der Waals surface area contributed by atoms with Crippen molar-refractivity contribution < 1.29 is 14.4 Å². The average Bonchev–Trinajstić information content (AvgIpc) is 3.19. The summed E-state index contributed by atoms with van der Waals surface area (Å²) in [6, 6.07) is 4.28. The van der Waals surface area contributed by atoms with Crippen LogP contribution in [0.4, 0.5) is 0 Å². The lowest BCUT2D eigenvalue weighted by Crippen LogP contribution is -2.56. The smallest absolute Gasteiger partial charge is 0.249 e. The fourth-order valence-electron chi connectivity index (χ4n) is 3.51. The first-order valence-corrected chi connectivity index (χ1v) is 12.7. The van der Waals surface area contributed by atoms with Crippen LogP contribution in [0.1, 0.15) is 45.0 Å². The van der Waals surface area contributed by atoms with Gasteiger partial charge in [-0.15, -0.1) is 11.8 Å². The topological polar surface area (TPSA) is 113 Å². The Morgan fingerprint density at radius 3 is 2.79 bits per heavy atom. The van der Waals surface area contributed by atoms with Gasteiger partial charge in [-0.05, 0) is 37.1 Å². The summed E-state index contributed by atoms with van der Waals surface area (Å²) in [5.41, 5.74) is 0.365. The fourth-order valence-corrected chi connectivity index (χ4v) is 4.80. The van der Waals surface area contributed by atoms with Gasteiger partial charge < -0.3 is 16.0 Å². The highest BCUT2D eigenvalue weighted by Crippen LogP contribution is 2.31. The number of aromatic nitrogens is 1. The Morgan fingerprint density at radius 2 is 2.06 bits per heavy atom. The summed E-state index contributed by atoms with van der Waals surface area (Å²) in [5, 5.41) is 9.37. The minimum absolute atomic E-state index is 0.0769. The molecule has 0 fully saturated rings. The number of aliphatic imine (C=N–C) groups is 1. The minimum atomic E-state index is -0.998. The Hall–Kier alpha value is -2.33. The Bertz CT molecular complexity index is 965. The Morgan fingerprint density at radius 1 is 1.27 bits per heavy atom. The molecule has 3 N–H and O–H groups in total. The molecule has 1 aromatic rings. The quantitative estimate of drug-likeness (QED) is 0.381. The lowest BCUT2D eigenvalue weighted by Gasteiger charge is -2.27. The second kappa shape index (κ2) is 11.2. The number of thioether (sulfide) groups is 1. The summed E-state index contributed by atoms with van der Waals surface area (Å²) in [5.74, 6) is 0.128. The molecule has 33 heavy (non-hydrogen) atoms. The Balaban J connectivity index is 1.95. The molecule has 0 saturated carbocycles. The maximum Gasteiger partial charge on any atom is 0.249 e. The van der Waals surface area contributed by atoms with Crippen LogP contribution in [0.3, 0.4) is 0 Å². The molecule has 3 atom stereocenters. The fraction of sp³-hybridized carbons (Fsp3) is 0.522. The summed E-state index contributed by atoms with van der Waals surface area (Å²) < 4.78 is 0. The number of hydrogen-bond acceptors (Lipinski definition) is 7. The molecule has 178 valence electrons. The second-order valence-electron chi connectivity index (χ2n) is 8.73. The van der Waals surface area contributed by atoms with E-state index in [9.17, 15) is 14.4 Å². The van der Waals surface area contributed by atoms with Crippen molar-refractivity contribution in [3.63, 3.8) is 0 Å². The van der Waals surface area contributed by atoms with Crippen LogP contribution < -0.4 is 16.0 Å². The second-order valence-corrected chi connectivity index (χ2v) is 10.1. The van der Waals surface area contributed by atoms with Crippen LogP contribution in [0.2, 0.25) is 0 Å². The molecule has 3 rings (SSSR count). The van der Waals surface area contributed by atoms with Gasteiger partial charge in [0.15, 0.2) is 0 Å². The summed E-state index contributed by atoms with van der Waals surface area (Å²) >= 11 is 5.66. The summed E-state index contributed by atoms with van der Waals surface area (Å²) in [7, 11) is 0. The maximum absolute atomic E-state index is 13.2. The number of pyridine rings is 1. The third kappa shape index (κ3) is 6.60. The van der Waals surface area contributed by atoms with E-state index in [0.29, 0.717) is 34.4 Å². The maximum atomic E-state index is 13.2. The molecule has 10 heteroatoms. The zero-order valence-electron chi connectivity index (χ0n) is 19.1. The van der Waals surface area contributed by atoms with E-state index in [0.717, 1.165) is 0 Å². The van der Waals surface area contributed by atoms with E-state index in [1.165, 1.54) is 11.8 Å². The van der Waals surface area contributed by atoms with Crippen molar-refractivity contribution in [2.24, 2.45) is 10.9 Å². The van der Waals surface area contributed by atoms with Crippen molar-refractivity contribution in [3.05, 3.63) is 41.7 Å². The largest absolute Gasteiger partial charge is 0.350 e. The zero-order chi connectivity index (χ0) is 24.0. The normalized spacial score (nSPS) is 26.7. The highest BCUT2D eigenvalue weighted by molar-refractivity contribution is 8.14. The monoisotopic (exact) mass is 489 g/mol. The molecule has 1 unspecified atom stereocenters. The number of carbonyl (C=O) groups is 3.